The average Bonchev–Trinajstić information content (AvgIpc) is 2.53. The minimum Gasteiger partial charge on any atom is -0.496 e. The smallest absolute Gasteiger partial charge is 0.148 e. The molecular formula is C17H17N3O. The van der Waals surface area contributed by atoms with Crippen molar-refractivity contribution in [2.24, 2.45) is 0 Å². The lowest BCUT2D eigenvalue weighted by atomic mass is 10.2. The molecule has 3 aromatic rings. The van der Waals surface area contributed by atoms with Crippen LogP contribution in [0.2, 0.25) is 0 Å². The van der Waals surface area contributed by atoms with Crippen LogP contribution in [0.15, 0.2) is 48.5 Å². The van der Waals surface area contributed by atoms with E-state index in [1.807, 2.05) is 55.5 Å². The molecule has 106 valence electrons. The van der Waals surface area contributed by atoms with Gasteiger partial charge in [-0.2, -0.15) is 0 Å². The number of hydrogen-bond acceptors (Lipinski definition) is 4. The van der Waals surface area contributed by atoms with Gasteiger partial charge in [-0.15, -0.1) is 0 Å². The lowest BCUT2D eigenvalue weighted by Gasteiger charge is -2.11. The predicted octanol–water partition coefficient (Wildman–Crippen LogP) is 3.56. The lowest BCUT2D eigenvalue weighted by Crippen LogP contribution is -2.06. The lowest BCUT2D eigenvalue weighted by molar-refractivity contribution is 0.410. The zero-order valence-corrected chi connectivity index (χ0v) is 12.1. The standard InChI is InChI=1S/C17H17N3O/c1-12-17(20-15-9-5-4-8-14(15)19-12)18-11-13-7-3-6-10-16(13)21-2/h3-10H,11H2,1-2H3,(H,18,20). The number of rotatable bonds is 4. The van der Waals surface area contributed by atoms with Crippen LogP contribution in [0.4, 0.5) is 5.82 Å². The van der Waals surface area contributed by atoms with Crippen molar-refractivity contribution in [2.45, 2.75) is 13.5 Å². The van der Waals surface area contributed by atoms with Gasteiger partial charge in [-0.1, -0.05) is 30.3 Å². The molecule has 0 aliphatic rings. The molecule has 0 fully saturated rings. The van der Waals surface area contributed by atoms with Crippen LogP contribution in [-0.4, -0.2) is 17.1 Å². The van der Waals surface area contributed by atoms with Crippen molar-refractivity contribution in [3.63, 3.8) is 0 Å². The van der Waals surface area contributed by atoms with E-state index in [1.54, 1.807) is 7.11 Å². The maximum Gasteiger partial charge on any atom is 0.148 e. The number of anilines is 1. The third-order valence-corrected chi connectivity index (χ3v) is 3.38. The van der Waals surface area contributed by atoms with Gasteiger partial charge >= 0.3 is 0 Å². The summed E-state index contributed by atoms with van der Waals surface area (Å²) in [6, 6.07) is 15.8. The van der Waals surface area contributed by atoms with E-state index in [-0.39, 0.29) is 0 Å². The molecule has 0 radical (unpaired) electrons. The topological polar surface area (TPSA) is 47.0 Å². The third kappa shape index (κ3) is 2.79. The minimum absolute atomic E-state index is 0.651. The Morgan fingerprint density at radius 3 is 2.38 bits per heavy atom. The van der Waals surface area contributed by atoms with Crippen LogP contribution in [0, 0.1) is 6.92 Å². The van der Waals surface area contributed by atoms with E-state index < -0.39 is 0 Å². The molecule has 0 atom stereocenters. The maximum atomic E-state index is 5.36. The number of nitrogens with zero attached hydrogens (tertiary/aromatic N) is 2. The van der Waals surface area contributed by atoms with E-state index in [2.05, 4.69) is 15.3 Å². The second kappa shape index (κ2) is 5.79. The van der Waals surface area contributed by atoms with Crippen LogP contribution in [0.5, 0.6) is 5.75 Å². The summed E-state index contributed by atoms with van der Waals surface area (Å²) in [6.07, 6.45) is 0. The second-order valence-electron chi connectivity index (χ2n) is 4.81. The molecule has 0 amide bonds. The van der Waals surface area contributed by atoms with Crippen molar-refractivity contribution in [3.8, 4) is 5.75 Å². The predicted molar refractivity (Wildman–Crippen MR) is 84.6 cm³/mol. The van der Waals surface area contributed by atoms with Crippen molar-refractivity contribution in [1.82, 2.24) is 9.97 Å². The molecule has 0 aliphatic carbocycles. The molecule has 1 heterocycles. The Morgan fingerprint density at radius 1 is 0.952 bits per heavy atom. The van der Waals surface area contributed by atoms with Gasteiger partial charge in [-0.05, 0) is 25.1 Å². The number of methoxy groups -OCH3 is 1. The summed E-state index contributed by atoms with van der Waals surface area (Å²) in [5.74, 6) is 1.68. The van der Waals surface area contributed by atoms with Crippen molar-refractivity contribution >= 4 is 16.9 Å². The van der Waals surface area contributed by atoms with E-state index in [4.69, 9.17) is 4.74 Å². The molecule has 21 heavy (non-hydrogen) atoms. The molecule has 0 spiro atoms. The fraction of sp³-hybridized carbons (Fsp3) is 0.176. The number of ether oxygens (including phenoxy) is 1. The SMILES string of the molecule is COc1ccccc1CNc1nc2ccccc2nc1C. The highest BCUT2D eigenvalue weighted by Gasteiger charge is 2.06. The summed E-state index contributed by atoms with van der Waals surface area (Å²) in [6.45, 7) is 2.61. The van der Waals surface area contributed by atoms with Crippen molar-refractivity contribution in [1.29, 1.82) is 0 Å². The molecular weight excluding hydrogens is 262 g/mol. The van der Waals surface area contributed by atoms with E-state index in [0.717, 1.165) is 33.9 Å². The van der Waals surface area contributed by atoms with Gasteiger partial charge in [0.15, 0.2) is 0 Å². The third-order valence-electron chi connectivity index (χ3n) is 3.38. The number of nitrogens with one attached hydrogen (secondary N) is 1. The normalized spacial score (nSPS) is 10.6. The highest BCUT2D eigenvalue weighted by atomic mass is 16.5. The van der Waals surface area contributed by atoms with Gasteiger partial charge in [-0.25, -0.2) is 9.97 Å². The van der Waals surface area contributed by atoms with Crippen LogP contribution in [0.1, 0.15) is 11.3 Å². The monoisotopic (exact) mass is 279 g/mol. The molecule has 4 nitrogen and oxygen atoms in total. The highest BCUT2D eigenvalue weighted by molar-refractivity contribution is 5.76. The molecule has 0 bridgehead atoms. The van der Waals surface area contributed by atoms with Crippen LogP contribution in [-0.2, 0) is 6.54 Å². The fourth-order valence-corrected chi connectivity index (χ4v) is 2.28. The molecule has 0 aliphatic heterocycles. The number of benzene rings is 2. The van der Waals surface area contributed by atoms with Gasteiger partial charge in [0.25, 0.3) is 0 Å². The maximum absolute atomic E-state index is 5.36. The summed E-state index contributed by atoms with van der Waals surface area (Å²) in [4.78, 5) is 9.21. The van der Waals surface area contributed by atoms with Crippen molar-refractivity contribution < 1.29 is 4.74 Å². The minimum atomic E-state index is 0.651. The highest BCUT2D eigenvalue weighted by Crippen LogP contribution is 2.20. The number of fused-ring (bicyclic) bond motifs is 1. The fourth-order valence-electron chi connectivity index (χ4n) is 2.28. The first-order chi connectivity index (χ1) is 10.3. The Labute approximate surface area is 123 Å². The molecule has 1 aromatic heterocycles. The van der Waals surface area contributed by atoms with E-state index >= 15 is 0 Å². The molecule has 1 N–H and O–H groups in total. The summed E-state index contributed by atoms with van der Waals surface area (Å²) < 4.78 is 5.36. The summed E-state index contributed by atoms with van der Waals surface area (Å²) in [5, 5.41) is 3.34. The first-order valence-electron chi connectivity index (χ1n) is 6.87. The number of para-hydroxylation sites is 3. The quantitative estimate of drug-likeness (QED) is 0.793. The van der Waals surface area contributed by atoms with E-state index in [1.165, 1.54) is 0 Å². The van der Waals surface area contributed by atoms with Gasteiger partial charge in [0.2, 0.25) is 0 Å². The van der Waals surface area contributed by atoms with Crippen LogP contribution >= 0.6 is 0 Å². The number of aromatic nitrogens is 2. The first-order valence-corrected chi connectivity index (χ1v) is 6.87. The molecule has 0 saturated carbocycles. The molecule has 0 saturated heterocycles. The van der Waals surface area contributed by atoms with Crippen molar-refractivity contribution in [2.75, 3.05) is 12.4 Å². The Balaban J connectivity index is 1.86. The van der Waals surface area contributed by atoms with E-state index in [0.29, 0.717) is 6.54 Å². The van der Waals surface area contributed by atoms with Crippen LogP contribution in [0.25, 0.3) is 11.0 Å². The van der Waals surface area contributed by atoms with Gasteiger partial charge in [0, 0.05) is 12.1 Å². The van der Waals surface area contributed by atoms with Crippen LogP contribution in [0.3, 0.4) is 0 Å². The Hall–Kier alpha value is -2.62. The number of hydrogen-bond donors (Lipinski definition) is 1. The molecule has 2 aromatic carbocycles. The van der Waals surface area contributed by atoms with Gasteiger partial charge in [0.1, 0.15) is 11.6 Å². The van der Waals surface area contributed by atoms with E-state index in [9.17, 15) is 0 Å². The summed E-state index contributed by atoms with van der Waals surface area (Å²) >= 11 is 0. The largest absolute Gasteiger partial charge is 0.496 e. The molecule has 0 unspecified atom stereocenters. The molecule has 3 rings (SSSR count). The molecule has 4 heteroatoms. The Bertz CT molecular complexity index is 771. The zero-order valence-electron chi connectivity index (χ0n) is 12.1. The second-order valence-corrected chi connectivity index (χ2v) is 4.81. The van der Waals surface area contributed by atoms with Gasteiger partial charge in [-0.3, -0.25) is 0 Å². The Morgan fingerprint density at radius 2 is 1.62 bits per heavy atom. The number of aryl methyl sites for hydroxylation is 1. The average molecular weight is 279 g/mol. The van der Waals surface area contributed by atoms with Gasteiger partial charge < -0.3 is 10.1 Å². The zero-order chi connectivity index (χ0) is 14.7. The van der Waals surface area contributed by atoms with Crippen molar-refractivity contribution in [3.05, 3.63) is 59.8 Å². The van der Waals surface area contributed by atoms with Crippen LogP contribution < -0.4 is 10.1 Å². The van der Waals surface area contributed by atoms with Gasteiger partial charge in [0.05, 0.1) is 23.8 Å². The Kier molecular flexibility index (Phi) is 3.69. The summed E-state index contributed by atoms with van der Waals surface area (Å²) in [7, 11) is 1.68. The first kappa shape index (κ1) is 13.4. The summed E-state index contributed by atoms with van der Waals surface area (Å²) in [5.41, 5.74) is 3.79.